The third kappa shape index (κ3) is 2.85. The fourth-order valence-electron chi connectivity index (χ4n) is 1.80. The largest absolute Gasteiger partial charge is 0.493 e. The molecule has 1 atom stereocenters. The molecule has 2 N–H and O–H groups in total. The number of methoxy groups -OCH3 is 1. The van der Waals surface area contributed by atoms with Crippen molar-refractivity contribution in [1.29, 1.82) is 0 Å². The molecule has 0 saturated carbocycles. The topological polar surface area (TPSA) is 75.2 Å². The van der Waals surface area contributed by atoms with Gasteiger partial charge in [0.1, 0.15) is 6.33 Å². The maximum atomic E-state index is 6.15. The first kappa shape index (κ1) is 13.4. The van der Waals surface area contributed by atoms with E-state index < -0.39 is 0 Å². The van der Waals surface area contributed by atoms with Gasteiger partial charge in [0, 0.05) is 7.05 Å². The van der Waals surface area contributed by atoms with Crippen LogP contribution in [0.4, 0.5) is 0 Å². The van der Waals surface area contributed by atoms with E-state index in [4.69, 9.17) is 15.2 Å². The number of aromatic nitrogens is 3. The molecule has 0 saturated heterocycles. The average Bonchev–Trinajstić information content (AvgIpc) is 2.85. The van der Waals surface area contributed by atoms with Crippen molar-refractivity contribution in [3.63, 3.8) is 0 Å². The van der Waals surface area contributed by atoms with Gasteiger partial charge in [-0.15, -0.1) is 0 Å². The Hall–Kier alpha value is -2.08. The van der Waals surface area contributed by atoms with Gasteiger partial charge >= 0.3 is 0 Å². The van der Waals surface area contributed by atoms with E-state index in [1.165, 1.54) is 0 Å². The molecule has 2 aromatic rings. The lowest BCUT2D eigenvalue weighted by atomic mass is 10.1. The Morgan fingerprint density at radius 2 is 2.16 bits per heavy atom. The van der Waals surface area contributed by atoms with E-state index in [1.807, 2.05) is 32.2 Å². The van der Waals surface area contributed by atoms with Gasteiger partial charge in [0.05, 0.1) is 19.8 Å². The fraction of sp³-hybridized carbons (Fsp3) is 0.385. The summed E-state index contributed by atoms with van der Waals surface area (Å²) in [7, 11) is 3.42. The first-order valence-electron chi connectivity index (χ1n) is 6.07. The summed E-state index contributed by atoms with van der Waals surface area (Å²) < 4.78 is 12.4. The van der Waals surface area contributed by atoms with Crippen LogP contribution in [-0.2, 0) is 7.05 Å². The zero-order valence-corrected chi connectivity index (χ0v) is 11.3. The minimum atomic E-state index is -0.383. The molecule has 0 spiro atoms. The molecule has 0 aliphatic rings. The van der Waals surface area contributed by atoms with Gasteiger partial charge in [-0.25, -0.2) is 4.98 Å². The number of benzene rings is 1. The van der Waals surface area contributed by atoms with Crippen LogP contribution in [0.1, 0.15) is 24.4 Å². The lowest BCUT2D eigenvalue weighted by molar-refractivity contribution is 0.310. The van der Waals surface area contributed by atoms with Crippen LogP contribution in [-0.4, -0.2) is 28.5 Å². The molecule has 1 heterocycles. The first-order chi connectivity index (χ1) is 9.15. The van der Waals surface area contributed by atoms with E-state index in [9.17, 15) is 0 Å². The van der Waals surface area contributed by atoms with Crippen LogP contribution in [0.5, 0.6) is 11.5 Å². The van der Waals surface area contributed by atoms with E-state index in [0.29, 0.717) is 23.9 Å². The standard InChI is InChI=1S/C13H18N4O2/c1-4-19-11-7-9(5-6-10(11)18-3)12(14)13-15-8-17(2)16-13/h5-8,12H,4,14H2,1-3H3/t12-/m0/s1. The molecule has 102 valence electrons. The van der Waals surface area contributed by atoms with Gasteiger partial charge in [-0.2, -0.15) is 5.10 Å². The number of ether oxygens (including phenoxy) is 2. The quantitative estimate of drug-likeness (QED) is 0.878. The Morgan fingerprint density at radius 1 is 1.37 bits per heavy atom. The van der Waals surface area contributed by atoms with Crippen LogP contribution < -0.4 is 15.2 Å². The summed E-state index contributed by atoms with van der Waals surface area (Å²) in [4.78, 5) is 4.17. The molecule has 0 amide bonds. The van der Waals surface area contributed by atoms with Crippen LogP contribution in [0.25, 0.3) is 0 Å². The van der Waals surface area contributed by atoms with Crippen molar-refractivity contribution in [1.82, 2.24) is 14.8 Å². The lowest BCUT2D eigenvalue weighted by Gasteiger charge is -2.13. The van der Waals surface area contributed by atoms with E-state index in [2.05, 4.69) is 10.1 Å². The number of nitrogens with zero attached hydrogens (tertiary/aromatic N) is 3. The summed E-state index contributed by atoms with van der Waals surface area (Å²) in [6.45, 7) is 2.49. The molecule has 0 bridgehead atoms. The van der Waals surface area contributed by atoms with Crippen LogP contribution in [0.15, 0.2) is 24.5 Å². The number of rotatable bonds is 5. The number of aryl methyl sites for hydroxylation is 1. The highest BCUT2D eigenvalue weighted by Gasteiger charge is 2.16. The van der Waals surface area contributed by atoms with Crippen molar-refractivity contribution in [3.05, 3.63) is 35.9 Å². The van der Waals surface area contributed by atoms with E-state index >= 15 is 0 Å². The van der Waals surface area contributed by atoms with Crippen molar-refractivity contribution in [2.45, 2.75) is 13.0 Å². The maximum Gasteiger partial charge on any atom is 0.171 e. The van der Waals surface area contributed by atoms with Crippen molar-refractivity contribution < 1.29 is 9.47 Å². The molecule has 2 rings (SSSR count). The first-order valence-corrected chi connectivity index (χ1v) is 6.07. The lowest BCUT2D eigenvalue weighted by Crippen LogP contribution is -2.14. The molecular formula is C13H18N4O2. The number of hydrogen-bond donors (Lipinski definition) is 1. The molecule has 0 fully saturated rings. The second kappa shape index (κ2) is 5.71. The Bertz CT molecular complexity index is 553. The van der Waals surface area contributed by atoms with Crippen LogP contribution in [0.3, 0.4) is 0 Å². The van der Waals surface area contributed by atoms with Gasteiger partial charge in [-0.3, -0.25) is 4.68 Å². The zero-order chi connectivity index (χ0) is 13.8. The van der Waals surface area contributed by atoms with E-state index in [-0.39, 0.29) is 6.04 Å². The normalized spacial score (nSPS) is 12.2. The van der Waals surface area contributed by atoms with Crippen molar-refractivity contribution in [2.24, 2.45) is 12.8 Å². The third-order valence-electron chi connectivity index (χ3n) is 2.74. The van der Waals surface area contributed by atoms with E-state index in [1.54, 1.807) is 18.1 Å². The summed E-state index contributed by atoms with van der Waals surface area (Å²) in [5.41, 5.74) is 7.04. The monoisotopic (exact) mass is 262 g/mol. The molecule has 0 radical (unpaired) electrons. The van der Waals surface area contributed by atoms with Crippen LogP contribution in [0.2, 0.25) is 0 Å². The molecule has 1 aromatic heterocycles. The average molecular weight is 262 g/mol. The second-order valence-corrected chi connectivity index (χ2v) is 4.10. The molecule has 6 nitrogen and oxygen atoms in total. The van der Waals surface area contributed by atoms with Crippen molar-refractivity contribution in [3.8, 4) is 11.5 Å². The Morgan fingerprint density at radius 3 is 2.74 bits per heavy atom. The van der Waals surface area contributed by atoms with Crippen LogP contribution in [0, 0.1) is 0 Å². The molecule has 0 unspecified atom stereocenters. The van der Waals surface area contributed by atoms with Crippen molar-refractivity contribution >= 4 is 0 Å². The Kier molecular flexibility index (Phi) is 4.01. The van der Waals surface area contributed by atoms with Crippen LogP contribution >= 0.6 is 0 Å². The highest BCUT2D eigenvalue weighted by Crippen LogP contribution is 2.30. The Labute approximate surface area is 112 Å². The van der Waals surface area contributed by atoms with E-state index in [0.717, 1.165) is 5.56 Å². The highest BCUT2D eigenvalue weighted by atomic mass is 16.5. The summed E-state index contributed by atoms with van der Waals surface area (Å²) in [5, 5.41) is 4.21. The second-order valence-electron chi connectivity index (χ2n) is 4.10. The predicted molar refractivity (Wildman–Crippen MR) is 71.2 cm³/mol. The van der Waals surface area contributed by atoms with Gasteiger partial charge in [-0.05, 0) is 24.6 Å². The summed E-state index contributed by atoms with van der Waals surface area (Å²) in [6, 6.07) is 5.21. The Balaban J connectivity index is 2.31. The van der Waals surface area contributed by atoms with Gasteiger partial charge < -0.3 is 15.2 Å². The molecule has 19 heavy (non-hydrogen) atoms. The minimum absolute atomic E-state index is 0.383. The number of nitrogens with two attached hydrogens (primary N) is 1. The summed E-state index contributed by atoms with van der Waals surface area (Å²) >= 11 is 0. The molecule has 6 heteroatoms. The zero-order valence-electron chi connectivity index (χ0n) is 11.3. The molecule has 0 aliphatic heterocycles. The van der Waals surface area contributed by atoms with Gasteiger partial charge in [0.25, 0.3) is 0 Å². The smallest absolute Gasteiger partial charge is 0.171 e. The molecule has 0 aliphatic carbocycles. The highest BCUT2D eigenvalue weighted by molar-refractivity contribution is 5.44. The third-order valence-corrected chi connectivity index (χ3v) is 2.74. The maximum absolute atomic E-state index is 6.15. The van der Waals surface area contributed by atoms with Gasteiger partial charge in [0.15, 0.2) is 17.3 Å². The SMILES string of the molecule is CCOc1cc([C@H](N)c2ncn(C)n2)ccc1OC. The predicted octanol–water partition coefficient (Wildman–Crippen LogP) is 1.27. The molecular weight excluding hydrogens is 244 g/mol. The minimum Gasteiger partial charge on any atom is -0.493 e. The van der Waals surface area contributed by atoms with Gasteiger partial charge in [-0.1, -0.05) is 6.07 Å². The summed E-state index contributed by atoms with van der Waals surface area (Å²) in [6.07, 6.45) is 1.63. The molecule has 1 aromatic carbocycles. The number of hydrogen-bond acceptors (Lipinski definition) is 5. The van der Waals surface area contributed by atoms with Crippen molar-refractivity contribution in [2.75, 3.05) is 13.7 Å². The van der Waals surface area contributed by atoms with Gasteiger partial charge in [0.2, 0.25) is 0 Å². The summed E-state index contributed by atoms with van der Waals surface area (Å²) in [5.74, 6) is 1.94. The fourth-order valence-corrected chi connectivity index (χ4v) is 1.80.